The molecule has 0 aliphatic heterocycles. The average Bonchev–Trinajstić information content (AvgIpc) is 3.74. The SMILES string of the molecule is O=c1c2nc(-n3c4ccccc4c4cc(-c5ccc6c(c5)c5ccccc5n6-c5ccccc5)ccc43)ncc2c2ccccc2n1-c1ccccc1. The summed E-state index contributed by atoms with van der Waals surface area (Å²) in [5, 5.41) is 6.27. The molecule has 6 heteroatoms. The Morgan fingerprint density at radius 3 is 1.40 bits per heavy atom. The predicted octanol–water partition coefficient (Wildman–Crippen LogP) is 10.8. The molecule has 0 saturated heterocycles. The van der Waals surface area contributed by atoms with Gasteiger partial charge >= 0.3 is 0 Å². The maximum atomic E-state index is 14.3. The number of benzene rings is 7. The molecule has 0 fully saturated rings. The summed E-state index contributed by atoms with van der Waals surface area (Å²) in [4.78, 5) is 24.3. The highest BCUT2D eigenvalue weighted by atomic mass is 16.1. The van der Waals surface area contributed by atoms with Crippen molar-refractivity contribution in [2.45, 2.75) is 0 Å². The fraction of sp³-hybridized carbons (Fsp3) is 0. The maximum absolute atomic E-state index is 14.3. The van der Waals surface area contributed by atoms with Crippen molar-refractivity contribution >= 4 is 65.4 Å². The number of rotatable bonds is 4. The van der Waals surface area contributed by atoms with Crippen molar-refractivity contribution in [3.8, 4) is 28.5 Å². The molecule has 0 atom stereocenters. The van der Waals surface area contributed by atoms with Crippen molar-refractivity contribution in [2.75, 3.05) is 0 Å². The standard InChI is InChI=1S/C47H29N5O/c53-46-45-39(36-19-9-11-21-41(36)51(46)33-15-5-2-6-16-33)29-48-47(49-45)52-42-22-12-8-18-35(42)38-28-31(24-26-44(38)52)30-23-25-43-37(27-30)34-17-7-10-20-40(34)50(43)32-13-3-1-4-14-32/h1-29H. The summed E-state index contributed by atoms with van der Waals surface area (Å²) in [6.45, 7) is 0. The predicted molar refractivity (Wildman–Crippen MR) is 217 cm³/mol. The van der Waals surface area contributed by atoms with E-state index in [0.29, 0.717) is 11.5 Å². The molecule has 0 saturated carbocycles. The van der Waals surface area contributed by atoms with Crippen LogP contribution >= 0.6 is 0 Å². The molecular weight excluding hydrogens is 651 g/mol. The second-order valence-electron chi connectivity index (χ2n) is 13.4. The van der Waals surface area contributed by atoms with Gasteiger partial charge in [0.15, 0.2) is 0 Å². The fourth-order valence-electron chi connectivity index (χ4n) is 8.16. The van der Waals surface area contributed by atoms with Gasteiger partial charge in [0.05, 0.1) is 27.6 Å². The van der Waals surface area contributed by atoms with Crippen molar-refractivity contribution in [1.29, 1.82) is 0 Å². The largest absolute Gasteiger partial charge is 0.309 e. The molecule has 53 heavy (non-hydrogen) atoms. The molecule has 11 rings (SSSR count). The zero-order valence-corrected chi connectivity index (χ0v) is 28.4. The second-order valence-corrected chi connectivity index (χ2v) is 13.4. The molecule has 0 unspecified atom stereocenters. The van der Waals surface area contributed by atoms with Crippen LogP contribution in [0.2, 0.25) is 0 Å². The number of hydrogen-bond acceptors (Lipinski definition) is 3. The first kappa shape index (κ1) is 29.4. The summed E-state index contributed by atoms with van der Waals surface area (Å²) in [5.74, 6) is 0.457. The van der Waals surface area contributed by atoms with E-state index in [9.17, 15) is 4.79 Å². The second kappa shape index (κ2) is 11.4. The third-order valence-corrected chi connectivity index (χ3v) is 10.5. The summed E-state index contributed by atoms with van der Waals surface area (Å²) in [7, 11) is 0. The first-order valence-electron chi connectivity index (χ1n) is 17.7. The van der Waals surface area contributed by atoms with Crippen LogP contribution in [0.5, 0.6) is 0 Å². The van der Waals surface area contributed by atoms with E-state index in [1.807, 2.05) is 60.7 Å². The minimum Gasteiger partial charge on any atom is -0.309 e. The number of nitrogens with zero attached hydrogens (tertiary/aromatic N) is 5. The van der Waals surface area contributed by atoms with Crippen molar-refractivity contribution in [3.05, 3.63) is 186 Å². The Morgan fingerprint density at radius 2 is 0.811 bits per heavy atom. The molecule has 4 aromatic heterocycles. The van der Waals surface area contributed by atoms with Crippen LogP contribution in [0.15, 0.2) is 181 Å². The van der Waals surface area contributed by atoms with E-state index >= 15 is 0 Å². The number of pyridine rings is 1. The highest BCUT2D eigenvalue weighted by molar-refractivity contribution is 6.13. The molecule has 0 amide bonds. The van der Waals surface area contributed by atoms with E-state index in [0.717, 1.165) is 60.6 Å². The van der Waals surface area contributed by atoms with Crippen LogP contribution in [0.3, 0.4) is 0 Å². The van der Waals surface area contributed by atoms with E-state index in [4.69, 9.17) is 9.97 Å². The molecule has 0 aliphatic carbocycles. The Kier molecular flexibility index (Phi) is 6.30. The van der Waals surface area contributed by atoms with E-state index in [1.165, 1.54) is 21.8 Å². The topological polar surface area (TPSA) is 57.6 Å². The molecular formula is C47H29N5O. The Labute approximate surface area is 303 Å². The summed E-state index contributed by atoms with van der Waals surface area (Å²) < 4.78 is 6.17. The Balaban J connectivity index is 1.11. The van der Waals surface area contributed by atoms with Gasteiger partial charge in [-0.3, -0.25) is 13.9 Å². The Morgan fingerprint density at radius 1 is 0.377 bits per heavy atom. The monoisotopic (exact) mass is 679 g/mol. The smallest absolute Gasteiger partial charge is 0.282 e. The molecule has 7 aromatic carbocycles. The van der Waals surface area contributed by atoms with E-state index in [1.54, 1.807) is 10.8 Å². The van der Waals surface area contributed by atoms with Crippen molar-refractivity contribution < 1.29 is 0 Å². The summed E-state index contributed by atoms with van der Waals surface area (Å²) in [6, 6.07) is 58.5. The van der Waals surface area contributed by atoms with Gasteiger partial charge in [-0.05, 0) is 77.9 Å². The zero-order chi connectivity index (χ0) is 35.0. The number of para-hydroxylation sites is 5. The van der Waals surface area contributed by atoms with Crippen LogP contribution < -0.4 is 5.56 Å². The quantitative estimate of drug-likeness (QED) is 0.174. The van der Waals surface area contributed by atoms with Gasteiger partial charge in [-0.15, -0.1) is 0 Å². The molecule has 0 aliphatic rings. The normalized spacial score (nSPS) is 11.8. The number of hydrogen-bond donors (Lipinski definition) is 0. The van der Waals surface area contributed by atoms with Crippen molar-refractivity contribution in [2.24, 2.45) is 0 Å². The molecule has 0 bridgehead atoms. The van der Waals surface area contributed by atoms with Crippen LogP contribution in [0.4, 0.5) is 0 Å². The zero-order valence-electron chi connectivity index (χ0n) is 28.4. The summed E-state index contributed by atoms with van der Waals surface area (Å²) in [6.07, 6.45) is 1.80. The van der Waals surface area contributed by atoms with E-state index in [-0.39, 0.29) is 5.56 Å². The van der Waals surface area contributed by atoms with Gasteiger partial charge < -0.3 is 4.57 Å². The van der Waals surface area contributed by atoms with Gasteiger partial charge in [-0.2, -0.15) is 0 Å². The van der Waals surface area contributed by atoms with Crippen molar-refractivity contribution in [1.82, 2.24) is 23.7 Å². The molecule has 6 nitrogen and oxygen atoms in total. The first-order valence-corrected chi connectivity index (χ1v) is 17.7. The molecule has 248 valence electrons. The molecule has 0 spiro atoms. The highest BCUT2D eigenvalue weighted by Crippen LogP contribution is 2.38. The number of aromatic nitrogens is 5. The molecule has 11 aromatic rings. The Hall–Kier alpha value is -7.31. The van der Waals surface area contributed by atoms with Crippen molar-refractivity contribution in [3.63, 3.8) is 0 Å². The number of fused-ring (bicyclic) bond motifs is 9. The lowest BCUT2D eigenvalue weighted by molar-refractivity contribution is 0.991. The van der Waals surface area contributed by atoms with Gasteiger partial charge in [0.1, 0.15) is 5.52 Å². The van der Waals surface area contributed by atoms with Crippen LogP contribution in [0, 0.1) is 0 Å². The average molecular weight is 680 g/mol. The lowest BCUT2D eigenvalue weighted by atomic mass is 10.0. The van der Waals surface area contributed by atoms with Gasteiger partial charge in [-0.1, -0.05) is 103 Å². The maximum Gasteiger partial charge on any atom is 0.282 e. The van der Waals surface area contributed by atoms with Gasteiger partial charge in [-0.25, -0.2) is 9.97 Å². The highest BCUT2D eigenvalue weighted by Gasteiger charge is 2.19. The lowest BCUT2D eigenvalue weighted by Crippen LogP contribution is -2.21. The van der Waals surface area contributed by atoms with Crippen LogP contribution in [0.25, 0.3) is 93.9 Å². The summed E-state index contributed by atoms with van der Waals surface area (Å²) in [5.41, 5.74) is 9.52. The first-order chi connectivity index (χ1) is 26.2. The minimum absolute atomic E-state index is 0.180. The third kappa shape index (κ3) is 4.36. The van der Waals surface area contributed by atoms with Gasteiger partial charge in [0, 0.05) is 49.9 Å². The molecule has 4 heterocycles. The molecule has 0 N–H and O–H groups in total. The summed E-state index contributed by atoms with van der Waals surface area (Å²) >= 11 is 0. The lowest BCUT2D eigenvalue weighted by Gasteiger charge is -2.13. The fourth-order valence-corrected chi connectivity index (χ4v) is 8.16. The van der Waals surface area contributed by atoms with Gasteiger partial charge in [0.2, 0.25) is 5.95 Å². The van der Waals surface area contributed by atoms with E-state index < -0.39 is 0 Å². The van der Waals surface area contributed by atoms with Crippen LogP contribution in [0.1, 0.15) is 0 Å². The third-order valence-electron chi connectivity index (χ3n) is 10.5. The van der Waals surface area contributed by atoms with Gasteiger partial charge in [0.25, 0.3) is 5.56 Å². The minimum atomic E-state index is -0.180. The van der Waals surface area contributed by atoms with E-state index in [2.05, 4.69) is 118 Å². The Bertz CT molecular complexity index is 3300. The molecule has 0 radical (unpaired) electrons. The van der Waals surface area contributed by atoms with Crippen LogP contribution in [-0.2, 0) is 0 Å². The van der Waals surface area contributed by atoms with Crippen LogP contribution in [-0.4, -0.2) is 23.7 Å².